The minimum atomic E-state index is -0.299. The van der Waals surface area contributed by atoms with Crippen molar-refractivity contribution in [2.75, 3.05) is 20.6 Å². The molecule has 1 aromatic carbocycles. The topological polar surface area (TPSA) is 63.1 Å². The van der Waals surface area contributed by atoms with Gasteiger partial charge in [-0.05, 0) is 39.2 Å². The van der Waals surface area contributed by atoms with Crippen LogP contribution in [0, 0.1) is 12.7 Å². The van der Waals surface area contributed by atoms with Crippen LogP contribution in [0.4, 0.5) is 4.39 Å². The van der Waals surface area contributed by atoms with Crippen LogP contribution in [0.2, 0.25) is 0 Å². The summed E-state index contributed by atoms with van der Waals surface area (Å²) in [6.07, 6.45) is 0. The van der Waals surface area contributed by atoms with E-state index in [-0.39, 0.29) is 11.7 Å². The number of rotatable bonds is 7. The van der Waals surface area contributed by atoms with Crippen molar-refractivity contribution in [2.24, 2.45) is 0 Å². The van der Waals surface area contributed by atoms with Crippen molar-refractivity contribution in [3.05, 3.63) is 57.9 Å². The highest BCUT2D eigenvalue weighted by Gasteiger charge is 2.14. The highest BCUT2D eigenvalue weighted by Crippen LogP contribution is 2.22. The van der Waals surface area contributed by atoms with E-state index in [2.05, 4.69) is 15.4 Å². The summed E-state index contributed by atoms with van der Waals surface area (Å²) < 4.78 is 15.9. The first-order chi connectivity index (χ1) is 13.0. The number of carbonyl (C=O) groups excluding carboxylic acids is 1. The van der Waals surface area contributed by atoms with E-state index in [9.17, 15) is 9.18 Å². The third kappa shape index (κ3) is 4.58. The minimum Gasteiger partial charge on any atom is -0.349 e. The van der Waals surface area contributed by atoms with E-state index < -0.39 is 0 Å². The van der Waals surface area contributed by atoms with Gasteiger partial charge >= 0.3 is 0 Å². The third-order valence-corrected chi connectivity index (χ3v) is 4.98. The molecule has 0 spiro atoms. The van der Waals surface area contributed by atoms with Gasteiger partial charge in [-0.15, -0.1) is 11.3 Å². The Kier molecular flexibility index (Phi) is 5.98. The molecule has 3 rings (SSSR count). The monoisotopic (exact) mass is 387 g/mol. The largest absolute Gasteiger partial charge is 0.349 e. The maximum absolute atomic E-state index is 14.1. The highest BCUT2D eigenvalue weighted by atomic mass is 32.1. The van der Waals surface area contributed by atoms with E-state index in [0.717, 1.165) is 11.4 Å². The molecule has 1 N–H and O–H groups in total. The van der Waals surface area contributed by atoms with E-state index in [1.807, 2.05) is 36.7 Å². The fourth-order valence-corrected chi connectivity index (χ4v) is 3.50. The summed E-state index contributed by atoms with van der Waals surface area (Å²) in [5.41, 5.74) is 4.41. The molecule has 2 aromatic heterocycles. The molecule has 0 atom stereocenters. The van der Waals surface area contributed by atoms with E-state index >= 15 is 0 Å². The van der Waals surface area contributed by atoms with Gasteiger partial charge in [-0.2, -0.15) is 5.10 Å². The van der Waals surface area contributed by atoms with Gasteiger partial charge in [0, 0.05) is 18.7 Å². The molecule has 0 fully saturated rings. The van der Waals surface area contributed by atoms with Crippen LogP contribution in [-0.2, 0) is 13.1 Å². The Bertz CT molecular complexity index is 934. The summed E-state index contributed by atoms with van der Waals surface area (Å²) in [5.74, 6) is -0.432. The smallest absolute Gasteiger partial charge is 0.263 e. The molecule has 0 saturated heterocycles. The van der Waals surface area contributed by atoms with Gasteiger partial charge in [0.2, 0.25) is 0 Å². The van der Waals surface area contributed by atoms with Crippen LogP contribution in [0.15, 0.2) is 35.8 Å². The van der Waals surface area contributed by atoms with Gasteiger partial charge in [0.05, 0.1) is 29.1 Å². The Labute approximate surface area is 161 Å². The van der Waals surface area contributed by atoms with Crippen molar-refractivity contribution in [3.63, 3.8) is 0 Å². The molecule has 0 aliphatic heterocycles. The molecule has 1 amide bonds. The van der Waals surface area contributed by atoms with Crippen molar-refractivity contribution < 1.29 is 9.18 Å². The first kappa shape index (κ1) is 19.2. The quantitative estimate of drug-likeness (QED) is 0.677. The van der Waals surface area contributed by atoms with Gasteiger partial charge in [-0.3, -0.25) is 9.48 Å². The molecule has 0 bridgehead atoms. The third-order valence-electron chi connectivity index (χ3n) is 4.05. The Morgan fingerprint density at radius 2 is 2.11 bits per heavy atom. The second-order valence-electron chi connectivity index (χ2n) is 6.48. The lowest BCUT2D eigenvalue weighted by Crippen LogP contribution is -2.28. The molecule has 8 heteroatoms. The SMILES string of the molecule is Cc1ncsc1C(=O)NCCn1nc(-c2ccccc2F)cc1CN(C)C. The zero-order chi connectivity index (χ0) is 19.4. The summed E-state index contributed by atoms with van der Waals surface area (Å²) >= 11 is 1.32. The molecule has 0 aliphatic carbocycles. The van der Waals surface area contributed by atoms with Crippen LogP contribution in [0.3, 0.4) is 0 Å². The van der Waals surface area contributed by atoms with Gasteiger partial charge in [0.25, 0.3) is 5.91 Å². The lowest BCUT2D eigenvalue weighted by atomic mass is 10.1. The predicted octanol–water partition coefficient (Wildman–Crippen LogP) is 2.95. The van der Waals surface area contributed by atoms with Crippen molar-refractivity contribution >= 4 is 17.2 Å². The van der Waals surface area contributed by atoms with Crippen LogP contribution >= 0.6 is 11.3 Å². The van der Waals surface area contributed by atoms with Crippen LogP contribution < -0.4 is 5.32 Å². The second kappa shape index (κ2) is 8.41. The van der Waals surface area contributed by atoms with Crippen LogP contribution in [-0.4, -0.2) is 46.2 Å². The standard InChI is InChI=1S/C19H22FN5OS/c1-13-18(27-12-22-13)19(26)21-8-9-25-14(11-24(2)3)10-17(23-25)15-6-4-5-7-16(15)20/h4-7,10,12H,8-9,11H2,1-3H3,(H,21,26). The number of nitrogens with zero attached hydrogens (tertiary/aromatic N) is 4. The van der Waals surface area contributed by atoms with Gasteiger partial charge in [0.15, 0.2) is 0 Å². The molecular weight excluding hydrogens is 365 g/mol. The molecular formula is C19H22FN5OS. The average Bonchev–Trinajstić information content (AvgIpc) is 3.21. The Balaban J connectivity index is 1.74. The lowest BCUT2D eigenvalue weighted by Gasteiger charge is -2.12. The molecule has 27 heavy (non-hydrogen) atoms. The lowest BCUT2D eigenvalue weighted by molar-refractivity contribution is 0.0955. The molecule has 2 heterocycles. The average molecular weight is 387 g/mol. The maximum atomic E-state index is 14.1. The van der Waals surface area contributed by atoms with E-state index in [0.29, 0.717) is 35.8 Å². The van der Waals surface area contributed by atoms with Crippen molar-refractivity contribution in [3.8, 4) is 11.3 Å². The Morgan fingerprint density at radius 3 is 2.78 bits per heavy atom. The molecule has 0 unspecified atom stereocenters. The van der Waals surface area contributed by atoms with E-state index in [4.69, 9.17) is 0 Å². The van der Waals surface area contributed by atoms with E-state index in [1.165, 1.54) is 17.4 Å². The maximum Gasteiger partial charge on any atom is 0.263 e. The van der Waals surface area contributed by atoms with Gasteiger partial charge < -0.3 is 10.2 Å². The number of aryl methyl sites for hydroxylation is 1. The fourth-order valence-electron chi connectivity index (χ4n) is 2.78. The van der Waals surface area contributed by atoms with Crippen molar-refractivity contribution in [2.45, 2.75) is 20.0 Å². The van der Waals surface area contributed by atoms with Crippen molar-refractivity contribution in [1.82, 2.24) is 25.0 Å². The van der Waals surface area contributed by atoms with Crippen LogP contribution in [0.25, 0.3) is 11.3 Å². The summed E-state index contributed by atoms with van der Waals surface area (Å²) in [6.45, 7) is 3.41. The predicted molar refractivity (Wildman–Crippen MR) is 104 cm³/mol. The van der Waals surface area contributed by atoms with Crippen LogP contribution in [0.1, 0.15) is 21.1 Å². The van der Waals surface area contributed by atoms with Gasteiger partial charge in [-0.25, -0.2) is 9.37 Å². The first-order valence-corrected chi connectivity index (χ1v) is 9.48. The summed E-state index contributed by atoms with van der Waals surface area (Å²) in [7, 11) is 3.93. The molecule has 0 aliphatic rings. The van der Waals surface area contributed by atoms with Crippen molar-refractivity contribution in [1.29, 1.82) is 0 Å². The number of carbonyl (C=O) groups is 1. The summed E-state index contributed by atoms with van der Waals surface area (Å²) in [5, 5.41) is 7.46. The first-order valence-electron chi connectivity index (χ1n) is 8.60. The van der Waals surface area contributed by atoms with Gasteiger partial charge in [-0.1, -0.05) is 12.1 Å². The Hall–Kier alpha value is -2.58. The summed E-state index contributed by atoms with van der Waals surface area (Å²) in [4.78, 5) is 19.0. The number of thiazole rings is 1. The molecule has 0 saturated carbocycles. The van der Waals surface area contributed by atoms with Crippen LogP contribution in [0.5, 0.6) is 0 Å². The zero-order valence-corrected chi connectivity index (χ0v) is 16.4. The zero-order valence-electron chi connectivity index (χ0n) is 15.6. The highest BCUT2D eigenvalue weighted by molar-refractivity contribution is 7.11. The van der Waals surface area contributed by atoms with E-state index in [1.54, 1.807) is 23.7 Å². The number of amides is 1. The molecule has 0 radical (unpaired) electrons. The number of benzene rings is 1. The second-order valence-corrected chi connectivity index (χ2v) is 7.34. The number of hydrogen-bond acceptors (Lipinski definition) is 5. The fraction of sp³-hybridized carbons (Fsp3) is 0.316. The molecule has 3 aromatic rings. The minimum absolute atomic E-state index is 0.134. The molecule has 142 valence electrons. The number of hydrogen-bond donors (Lipinski definition) is 1. The van der Waals surface area contributed by atoms with Gasteiger partial charge in [0.1, 0.15) is 10.7 Å². The number of aromatic nitrogens is 3. The number of halogens is 1. The molecule has 6 nitrogen and oxygen atoms in total. The normalized spacial score (nSPS) is 11.1. The summed E-state index contributed by atoms with van der Waals surface area (Å²) in [6, 6.07) is 8.50. The Morgan fingerprint density at radius 1 is 1.33 bits per heavy atom. The number of nitrogens with one attached hydrogen (secondary N) is 1.